The molecule has 4 nitrogen and oxygen atoms in total. The minimum absolute atomic E-state index is 0.161. The summed E-state index contributed by atoms with van der Waals surface area (Å²) in [6.07, 6.45) is 6.40. The van der Waals surface area contributed by atoms with Crippen LogP contribution in [0.5, 0.6) is 5.75 Å². The van der Waals surface area contributed by atoms with Crippen molar-refractivity contribution in [3.05, 3.63) is 18.2 Å². The van der Waals surface area contributed by atoms with E-state index in [1.54, 1.807) is 13.2 Å². The molecule has 4 heteroatoms. The molecule has 0 heterocycles. The number of carbonyl (C=O) groups is 1. The smallest absolute Gasteiger partial charge is 0.228 e. The van der Waals surface area contributed by atoms with Gasteiger partial charge in [0, 0.05) is 12.0 Å². The van der Waals surface area contributed by atoms with Crippen LogP contribution in [-0.4, -0.2) is 13.0 Å². The van der Waals surface area contributed by atoms with Crippen molar-refractivity contribution < 1.29 is 9.53 Å². The van der Waals surface area contributed by atoms with Crippen LogP contribution in [0.4, 0.5) is 11.4 Å². The number of amides is 1. The lowest BCUT2D eigenvalue weighted by Gasteiger charge is -2.53. The molecule has 0 saturated heterocycles. The van der Waals surface area contributed by atoms with Crippen molar-refractivity contribution >= 4 is 17.3 Å². The number of ether oxygens (including phenoxy) is 1. The molecule has 1 aromatic rings. The molecular weight excluding hydrogens is 276 g/mol. The van der Waals surface area contributed by atoms with Crippen LogP contribution >= 0.6 is 0 Å². The third-order valence-corrected chi connectivity index (χ3v) is 6.05. The lowest BCUT2D eigenvalue weighted by atomic mass is 9.51. The molecule has 5 rings (SSSR count). The molecule has 4 fully saturated rings. The molecule has 0 atom stereocenters. The second-order valence-corrected chi connectivity index (χ2v) is 7.40. The monoisotopic (exact) mass is 300 g/mol. The summed E-state index contributed by atoms with van der Waals surface area (Å²) in [7, 11) is 1.62. The van der Waals surface area contributed by atoms with Gasteiger partial charge in [-0.2, -0.15) is 0 Å². The van der Waals surface area contributed by atoms with Gasteiger partial charge >= 0.3 is 0 Å². The Hall–Kier alpha value is -1.71. The molecule has 4 saturated carbocycles. The molecule has 1 aromatic carbocycles. The largest absolute Gasteiger partial charge is 0.497 e. The SMILES string of the molecule is COc1ccc(N)c(NC(=O)C2C3CC4CC(C3)CC2C4)c1. The number of methoxy groups -OCH3 is 1. The Morgan fingerprint density at radius 1 is 1.14 bits per heavy atom. The summed E-state index contributed by atoms with van der Waals surface area (Å²) in [6.45, 7) is 0. The number of nitrogens with two attached hydrogens (primary N) is 1. The maximum absolute atomic E-state index is 12.8. The number of benzene rings is 1. The fourth-order valence-electron chi connectivity index (χ4n) is 5.34. The van der Waals surface area contributed by atoms with E-state index in [4.69, 9.17) is 10.5 Å². The molecule has 3 N–H and O–H groups in total. The van der Waals surface area contributed by atoms with E-state index in [-0.39, 0.29) is 11.8 Å². The van der Waals surface area contributed by atoms with Gasteiger partial charge in [-0.1, -0.05) is 0 Å². The Labute approximate surface area is 131 Å². The number of hydrogen-bond donors (Lipinski definition) is 2. The molecule has 0 spiro atoms. The first-order chi connectivity index (χ1) is 10.6. The van der Waals surface area contributed by atoms with Gasteiger partial charge in [0.25, 0.3) is 0 Å². The molecular formula is C18H24N2O2. The number of nitrogens with one attached hydrogen (secondary N) is 1. The van der Waals surface area contributed by atoms with Crippen LogP contribution in [0, 0.1) is 29.6 Å². The second kappa shape index (κ2) is 5.18. The zero-order chi connectivity index (χ0) is 15.3. The standard InChI is InChI=1S/C18H24N2O2/c1-22-14-2-3-15(19)16(9-14)20-18(21)17-12-5-10-4-11(7-12)8-13(17)6-10/h2-3,9-13,17H,4-8,19H2,1H3,(H,20,21). The molecule has 0 aromatic heterocycles. The first-order valence-corrected chi connectivity index (χ1v) is 8.38. The number of hydrogen-bond acceptors (Lipinski definition) is 3. The third kappa shape index (κ3) is 2.25. The summed E-state index contributed by atoms with van der Waals surface area (Å²) in [4.78, 5) is 12.8. The van der Waals surface area contributed by atoms with E-state index in [9.17, 15) is 4.79 Å². The van der Waals surface area contributed by atoms with E-state index >= 15 is 0 Å². The summed E-state index contributed by atoms with van der Waals surface area (Å²) in [6, 6.07) is 5.41. The molecule has 0 radical (unpaired) electrons. The summed E-state index contributed by atoms with van der Waals surface area (Å²) in [5.74, 6) is 4.00. The first-order valence-electron chi connectivity index (χ1n) is 8.38. The molecule has 0 aliphatic heterocycles. The normalized spacial score (nSPS) is 35.4. The van der Waals surface area contributed by atoms with Gasteiger partial charge in [-0.25, -0.2) is 0 Å². The number of anilines is 2. The highest BCUT2D eigenvalue weighted by Crippen LogP contribution is 2.56. The van der Waals surface area contributed by atoms with Crippen molar-refractivity contribution in [3.8, 4) is 5.75 Å². The van der Waals surface area contributed by atoms with Crippen molar-refractivity contribution in [2.24, 2.45) is 29.6 Å². The van der Waals surface area contributed by atoms with E-state index in [1.807, 2.05) is 12.1 Å². The van der Waals surface area contributed by atoms with Crippen LogP contribution in [0.3, 0.4) is 0 Å². The maximum Gasteiger partial charge on any atom is 0.228 e. The van der Waals surface area contributed by atoms with Gasteiger partial charge in [0.1, 0.15) is 5.75 Å². The quantitative estimate of drug-likeness (QED) is 0.842. The van der Waals surface area contributed by atoms with E-state index < -0.39 is 0 Å². The van der Waals surface area contributed by atoms with Crippen LogP contribution in [0.1, 0.15) is 32.1 Å². The number of carbonyl (C=O) groups excluding carboxylic acids is 1. The molecule has 118 valence electrons. The molecule has 1 amide bonds. The first kappa shape index (κ1) is 13.9. The van der Waals surface area contributed by atoms with Crippen molar-refractivity contribution in [1.29, 1.82) is 0 Å². The predicted molar refractivity (Wildman–Crippen MR) is 86.6 cm³/mol. The van der Waals surface area contributed by atoms with Gasteiger partial charge in [0.15, 0.2) is 0 Å². The van der Waals surface area contributed by atoms with E-state index in [0.29, 0.717) is 23.2 Å². The summed E-state index contributed by atoms with van der Waals surface area (Å²) < 4.78 is 5.22. The summed E-state index contributed by atoms with van der Waals surface area (Å²) in [5.41, 5.74) is 7.27. The van der Waals surface area contributed by atoms with E-state index in [0.717, 1.165) is 17.6 Å². The number of rotatable bonds is 3. The van der Waals surface area contributed by atoms with E-state index in [1.165, 1.54) is 32.1 Å². The third-order valence-electron chi connectivity index (χ3n) is 6.05. The van der Waals surface area contributed by atoms with Gasteiger partial charge in [0.05, 0.1) is 18.5 Å². The molecule has 0 unspecified atom stereocenters. The zero-order valence-electron chi connectivity index (χ0n) is 13.0. The lowest BCUT2D eigenvalue weighted by Crippen LogP contribution is -2.49. The van der Waals surface area contributed by atoms with Crippen molar-refractivity contribution in [3.63, 3.8) is 0 Å². The Bertz CT molecular complexity index is 571. The van der Waals surface area contributed by atoms with Crippen molar-refractivity contribution in [2.75, 3.05) is 18.2 Å². The van der Waals surface area contributed by atoms with Gasteiger partial charge in [-0.15, -0.1) is 0 Å². The Kier molecular flexibility index (Phi) is 3.28. The highest BCUT2D eigenvalue weighted by molar-refractivity contribution is 5.96. The molecule has 4 bridgehead atoms. The summed E-state index contributed by atoms with van der Waals surface area (Å²) in [5, 5.41) is 3.07. The molecule has 4 aliphatic carbocycles. The van der Waals surface area contributed by atoms with Gasteiger partial charge in [0.2, 0.25) is 5.91 Å². The van der Waals surface area contributed by atoms with Gasteiger partial charge < -0.3 is 15.8 Å². The van der Waals surface area contributed by atoms with Crippen LogP contribution in [0.15, 0.2) is 18.2 Å². The molecule has 4 aliphatic rings. The van der Waals surface area contributed by atoms with Crippen LogP contribution < -0.4 is 15.8 Å². The topological polar surface area (TPSA) is 64.3 Å². The predicted octanol–water partition coefficient (Wildman–Crippen LogP) is 3.29. The minimum Gasteiger partial charge on any atom is -0.497 e. The van der Waals surface area contributed by atoms with Crippen molar-refractivity contribution in [2.45, 2.75) is 32.1 Å². The maximum atomic E-state index is 12.8. The minimum atomic E-state index is 0.161. The van der Waals surface area contributed by atoms with Crippen LogP contribution in [0.2, 0.25) is 0 Å². The average Bonchev–Trinajstić information content (AvgIpc) is 2.48. The van der Waals surface area contributed by atoms with Gasteiger partial charge in [-0.3, -0.25) is 4.79 Å². The Morgan fingerprint density at radius 3 is 2.36 bits per heavy atom. The summed E-state index contributed by atoms with van der Waals surface area (Å²) >= 11 is 0. The Morgan fingerprint density at radius 2 is 1.77 bits per heavy atom. The van der Waals surface area contributed by atoms with Crippen molar-refractivity contribution in [1.82, 2.24) is 0 Å². The van der Waals surface area contributed by atoms with Crippen LogP contribution in [0.25, 0.3) is 0 Å². The van der Waals surface area contributed by atoms with Crippen LogP contribution in [-0.2, 0) is 4.79 Å². The fraction of sp³-hybridized carbons (Fsp3) is 0.611. The zero-order valence-corrected chi connectivity index (χ0v) is 13.0. The van der Waals surface area contributed by atoms with E-state index in [2.05, 4.69) is 5.32 Å². The lowest BCUT2D eigenvalue weighted by molar-refractivity contribution is -0.132. The highest BCUT2D eigenvalue weighted by atomic mass is 16.5. The number of nitrogen functional groups attached to an aromatic ring is 1. The highest BCUT2D eigenvalue weighted by Gasteiger charge is 2.50. The average molecular weight is 300 g/mol. The second-order valence-electron chi connectivity index (χ2n) is 7.40. The fourth-order valence-corrected chi connectivity index (χ4v) is 5.34. The molecule has 22 heavy (non-hydrogen) atoms. The van der Waals surface area contributed by atoms with Gasteiger partial charge in [-0.05, 0) is 67.9 Å². The Balaban J connectivity index is 1.53.